The molecule has 146 valence electrons. The van der Waals surface area contributed by atoms with Crippen molar-refractivity contribution in [1.29, 1.82) is 0 Å². The van der Waals surface area contributed by atoms with E-state index in [-0.39, 0.29) is 5.41 Å². The van der Waals surface area contributed by atoms with Gasteiger partial charge in [0.1, 0.15) is 5.76 Å². The van der Waals surface area contributed by atoms with Gasteiger partial charge >= 0.3 is 0 Å². The number of aromatic nitrogens is 1. The van der Waals surface area contributed by atoms with Crippen LogP contribution in [0.2, 0.25) is 0 Å². The Morgan fingerprint density at radius 1 is 1.26 bits per heavy atom. The van der Waals surface area contributed by atoms with Crippen molar-refractivity contribution in [2.24, 2.45) is 10.9 Å². The first-order chi connectivity index (χ1) is 13.0. The Bertz CT molecular complexity index is 747. The summed E-state index contributed by atoms with van der Waals surface area (Å²) in [6, 6.07) is 10.6. The Kier molecular flexibility index (Phi) is 6.04. The van der Waals surface area contributed by atoms with Crippen molar-refractivity contribution in [2.45, 2.75) is 39.2 Å². The van der Waals surface area contributed by atoms with Gasteiger partial charge in [-0.1, -0.05) is 39.0 Å². The molecule has 2 aromatic rings. The Hall–Kier alpha value is -2.50. The third-order valence-electron chi connectivity index (χ3n) is 4.89. The van der Waals surface area contributed by atoms with Crippen LogP contribution in [-0.4, -0.2) is 37.6 Å². The topological polar surface area (TPSA) is 65.7 Å². The van der Waals surface area contributed by atoms with Gasteiger partial charge in [0.25, 0.3) is 0 Å². The molecule has 1 aromatic carbocycles. The molecule has 0 saturated carbocycles. The van der Waals surface area contributed by atoms with Gasteiger partial charge in [-0.05, 0) is 24.5 Å². The molecule has 0 radical (unpaired) electrons. The lowest BCUT2D eigenvalue weighted by Gasteiger charge is -2.19. The van der Waals surface area contributed by atoms with E-state index >= 15 is 0 Å². The van der Waals surface area contributed by atoms with Crippen molar-refractivity contribution in [2.75, 3.05) is 31.6 Å². The summed E-state index contributed by atoms with van der Waals surface area (Å²) in [6.45, 7) is 9.96. The lowest BCUT2D eigenvalue weighted by molar-refractivity contribution is 0.379. The largest absolute Gasteiger partial charge is 0.443 e. The number of oxazole rings is 1. The second kappa shape index (κ2) is 8.46. The molecule has 1 aliphatic heterocycles. The zero-order valence-electron chi connectivity index (χ0n) is 16.8. The van der Waals surface area contributed by atoms with Gasteiger partial charge in [0.15, 0.2) is 5.96 Å². The molecular formula is C21H31N5O. The fourth-order valence-corrected chi connectivity index (χ4v) is 3.23. The third-order valence-corrected chi connectivity index (χ3v) is 4.89. The van der Waals surface area contributed by atoms with Crippen LogP contribution in [-0.2, 0) is 12.0 Å². The number of aliphatic imine (C=N–C) groups is 1. The lowest BCUT2D eigenvalue weighted by Crippen LogP contribution is -2.40. The molecular weight excluding hydrogens is 338 g/mol. The lowest BCUT2D eigenvalue weighted by atomic mass is 9.94. The maximum Gasteiger partial charge on any atom is 0.213 e. The van der Waals surface area contributed by atoms with E-state index in [0.29, 0.717) is 18.4 Å². The van der Waals surface area contributed by atoms with Gasteiger partial charge in [-0.2, -0.15) is 0 Å². The van der Waals surface area contributed by atoms with Crippen LogP contribution in [0.1, 0.15) is 38.8 Å². The molecule has 1 atom stereocenters. The summed E-state index contributed by atoms with van der Waals surface area (Å²) in [5, 5.41) is 6.72. The number of hydrogen-bond donors (Lipinski definition) is 2. The van der Waals surface area contributed by atoms with E-state index in [1.54, 1.807) is 7.05 Å². The summed E-state index contributed by atoms with van der Waals surface area (Å²) in [6.07, 6.45) is 3.00. The van der Waals surface area contributed by atoms with Gasteiger partial charge < -0.3 is 20.0 Å². The highest BCUT2D eigenvalue weighted by Crippen LogP contribution is 2.23. The fourth-order valence-electron chi connectivity index (χ4n) is 3.23. The molecule has 1 saturated heterocycles. The maximum absolute atomic E-state index is 5.82. The molecule has 6 heteroatoms. The first kappa shape index (κ1) is 19.3. The average Bonchev–Trinajstić information content (AvgIpc) is 3.32. The Morgan fingerprint density at radius 2 is 2.04 bits per heavy atom. The maximum atomic E-state index is 5.82. The molecule has 0 aliphatic carbocycles. The first-order valence-corrected chi connectivity index (χ1v) is 9.65. The van der Waals surface area contributed by atoms with Crippen LogP contribution in [0.25, 0.3) is 0 Å². The van der Waals surface area contributed by atoms with Crippen LogP contribution in [0, 0.1) is 5.92 Å². The van der Waals surface area contributed by atoms with Crippen molar-refractivity contribution >= 4 is 11.6 Å². The molecule has 3 rings (SSSR count). The quantitative estimate of drug-likeness (QED) is 0.626. The summed E-state index contributed by atoms with van der Waals surface area (Å²) in [5.74, 6) is 2.97. The number of nitrogens with zero attached hydrogens (tertiary/aromatic N) is 3. The molecule has 0 spiro atoms. The predicted octanol–water partition coefficient (Wildman–Crippen LogP) is 3.16. The fraction of sp³-hybridized carbons (Fsp3) is 0.524. The predicted molar refractivity (Wildman–Crippen MR) is 110 cm³/mol. The van der Waals surface area contributed by atoms with Crippen LogP contribution in [0.15, 0.2) is 45.9 Å². The van der Waals surface area contributed by atoms with E-state index < -0.39 is 0 Å². The van der Waals surface area contributed by atoms with Crippen LogP contribution in [0.5, 0.6) is 0 Å². The van der Waals surface area contributed by atoms with Gasteiger partial charge in [-0.3, -0.25) is 4.99 Å². The number of hydrogen-bond acceptors (Lipinski definition) is 4. The standard InChI is InChI=1S/C21H31N5O/c1-21(2,3)18-13-23-19(27-18)14-25-20(22-4)24-12-16-10-11-26(15-16)17-8-6-5-7-9-17/h5-9,13,16H,10-12,14-15H2,1-4H3,(H2,22,24,25). The van der Waals surface area contributed by atoms with Crippen molar-refractivity contribution in [3.8, 4) is 0 Å². The first-order valence-electron chi connectivity index (χ1n) is 9.65. The number of guanidine groups is 1. The third kappa shape index (κ3) is 5.25. The Balaban J connectivity index is 1.44. The SMILES string of the molecule is CN=C(NCc1ncc(C(C)(C)C)o1)NCC1CCN(c2ccccc2)C1. The summed E-state index contributed by atoms with van der Waals surface area (Å²) in [4.78, 5) is 11.1. The monoisotopic (exact) mass is 369 g/mol. The summed E-state index contributed by atoms with van der Waals surface area (Å²) in [7, 11) is 1.79. The van der Waals surface area contributed by atoms with Gasteiger partial charge in [0.05, 0.1) is 12.7 Å². The molecule has 1 aliphatic rings. The second-order valence-electron chi connectivity index (χ2n) is 8.11. The smallest absolute Gasteiger partial charge is 0.213 e. The van der Waals surface area contributed by atoms with E-state index in [4.69, 9.17) is 4.42 Å². The Morgan fingerprint density at radius 3 is 2.70 bits per heavy atom. The molecule has 27 heavy (non-hydrogen) atoms. The molecule has 2 N–H and O–H groups in total. The summed E-state index contributed by atoms with van der Waals surface area (Å²) < 4.78 is 5.82. The minimum absolute atomic E-state index is 0.0295. The normalized spacial score (nSPS) is 18.0. The number of para-hydroxylation sites is 1. The average molecular weight is 370 g/mol. The number of nitrogens with one attached hydrogen (secondary N) is 2. The highest BCUT2D eigenvalue weighted by Gasteiger charge is 2.23. The minimum atomic E-state index is -0.0295. The zero-order chi connectivity index (χ0) is 19.3. The van der Waals surface area contributed by atoms with Crippen LogP contribution < -0.4 is 15.5 Å². The Labute approximate surface area is 162 Å². The molecule has 0 amide bonds. The van der Waals surface area contributed by atoms with E-state index in [9.17, 15) is 0 Å². The molecule has 6 nitrogen and oxygen atoms in total. The molecule has 2 heterocycles. The van der Waals surface area contributed by atoms with E-state index in [1.807, 2.05) is 6.20 Å². The molecule has 1 fully saturated rings. The zero-order valence-corrected chi connectivity index (χ0v) is 16.8. The summed E-state index contributed by atoms with van der Waals surface area (Å²) >= 11 is 0. The highest BCUT2D eigenvalue weighted by atomic mass is 16.4. The number of rotatable bonds is 5. The molecule has 1 aromatic heterocycles. The van der Waals surface area contributed by atoms with Crippen molar-refractivity contribution in [1.82, 2.24) is 15.6 Å². The van der Waals surface area contributed by atoms with Crippen molar-refractivity contribution in [3.05, 3.63) is 48.2 Å². The van der Waals surface area contributed by atoms with Crippen LogP contribution in [0.3, 0.4) is 0 Å². The van der Waals surface area contributed by atoms with Gasteiger partial charge in [0.2, 0.25) is 5.89 Å². The number of benzene rings is 1. The minimum Gasteiger partial charge on any atom is -0.443 e. The van der Waals surface area contributed by atoms with Crippen molar-refractivity contribution in [3.63, 3.8) is 0 Å². The van der Waals surface area contributed by atoms with Gasteiger partial charge in [-0.25, -0.2) is 4.98 Å². The van der Waals surface area contributed by atoms with Gasteiger partial charge in [-0.15, -0.1) is 0 Å². The highest BCUT2D eigenvalue weighted by molar-refractivity contribution is 5.79. The second-order valence-corrected chi connectivity index (χ2v) is 8.11. The van der Waals surface area contributed by atoms with Crippen LogP contribution in [0.4, 0.5) is 5.69 Å². The number of anilines is 1. The molecule has 0 bridgehead atoms. The van der Waals surface area contributed by atoms with E-state index in [2.05, 4.69) is 76.6 Å². The van der Waals surface area contributed by atoms with E-state index in [0.717, 1.165) is 31.4 Å². The van der Waals surface area contributed by atoms with Gasteiger partial charge in [0, 0.05) is 37.8 Å². The summed E-state index contributed by atoms with van der Waals surface area (Å²) in [5.41, 5.74) is 1.28. The van der Waals surface area contributed by atoms with Crippen molar-refractivity contribution < 1.29 is 4.42 Å². The van der Waals surface area contributed by atoms with Crippen LogP contribution >= 0.6 is 0 Å². The van der Waals surface area contributed by atoms with E-state index in [1.165, 1.54) is 12.1 Å². The molecule has 1 unspecified atom stereocenters.